The molecule has 1 aromatic rings. The molecule has 1 aliphatic carbocycles. The highest BCUT2D eigenvalue weighted by Gasteiger charge is 2.64. The van der Waals surface area contributed by atoms with Gasteiger partial charge in [0.2, 0.25) is 0 Å². The van der Waals surface area contributed by atoms with Crippen molar-refractivity contribution in [2.45, 2.75) is 37.3 Å². The number of aliphatic hydroxyl groups excluding tert-OH is 1. The molecule has 0 amide bonds. The number of anilines is 1. The first-order valence-electron chi connectivity index (χ1n) is 8.65. The quantitative estimate of drug-likeness (QED) is 0.781. The Balaban J connectivity index is 1.71. The van der Waals surface area contributed by atoms with Crippen LogP contribution in [0.4, 0.5) is 5.69 Å². The molecule has 4 aliphatic rings. The lowest BCUT2D eigenvalue weighted by molar-refractivity contribution is 0.0298. The molecule has 0 radical (unpaired) electrons. The number of para-hydroxylation sites is 1. The molecule has 1 aromatic carbocycles. The minimum atomic E-state index is 0.222. The molecule has 1 spiro atoms. The third kappa shape index (κ3) is 1.35. The lowest BCUT2D eigenvalue weighted by Crippen LogP contribution is -2.62. The van der Waals surface area contributed by atoms with Gasteiger partial charge in [0.1, 0.15) is 0 Å². The summed E-state index contributed by atoms with van der Waals surface area (Å²) in [5.74, 6) is 0.893. The van der Waals surface area contributed by atoms with Gasteiger partial charge in [0.25, 0.3) is 0 Å². The Kier molecular flexibility index (Phi) is 2.61. The van der Waals surface area contributed by atoms with Crippen LogP contribution in [0.5, 0.6) is 0 Å². The first-order chi connectivity index (χ1) is 10.8. The summed E-state index contributed by atoms with van der Waals surface area (Å²) in [4.78, 5) is 2.70. The van der Waals surface area contributed by atoms with Gasteiger partial charge in [-0.25, -0.2) is 0 Å². The molecule has 2 N–H and O–H groups in total. The molecule has 2 saturated heterocycles. The maximum Gasteiger partial charge on any atom is 0.0484 e. The van der Waals surface area contributed by atoms with E-state index in [0.29, 0.717) is 30.5 Å². The molecule has 5 atom stereocenters. The summed E-state index contributed by atoms with van der Waals surface area (Å²) in [6.45, 7) is 4.76. The SMILES string of the molecule is C/C=C1\CN2CCC34c5ccccc5N[C@H]3[C@H](CO)[C@H]1C[C@H]24. The van der Waals surface area contributed by atoms with Crippen LogP contribution in [-0.2, 0) is 5.41 Å². The van der Waals surface area contributed by atoms with E-state index < -0.39 is 0 Å². The number of nitrogens with zero attached hydrogens (tertiary/aromatic N) is 1. The van der Waals surface area contributed by atoms with Crippen LogP contribution in [0, 0.1) is 11.8 Å². The summed E-state index contributed by atoms with van der Waals surface area (Å²) in [5, 5.41) is 14.0. The number of allylic oxidation sites excluding steroid dienone is 1. The van der Waals surface area contributed by atoms with E-state index in [-0.39, 0.29) is 5.41 Å². The highest BCUT2D eigenvalue weighted by atomic mass is 16.3. The van der Waals surface area contributed by atoms with Crippen LogP contribution in [0.15, 0.2) is 35.9 Å². The molecular formula is C19H24N2O. The number of piperidine rings is 1. The van der Waals surface area contributed by atoms with Gasteiger partial charge in [0, 0.05) is 42.3 Å². The zero-order valence-corrected chi connectivity index (χ0v) is 13.1. The molecular weight excluding hydrogens is 272 g/mol. The van der Waals surface area contributed by atoms with Gasteiger partial charge >= 0.3 is 0 Å². The number of fused-ring (bicyclic) bond motifs is 2. The molecule has 0 aromatic heterocycles. The third-order valence-corrected chi connectivity index (χ3v) is 7.01. The zero-order valence-electron chi connectivity index (χ0n) is 13.1. The molecule has 5 rings (SSSR count). The minimum Gasteiger partial charge on any atom is -0.396 e. The van der Waals surface area contributed by atoms with E-state index in [1.54, 1.807) is 5.57 Å². The average molecular weight is 296 g/mol. The lowest BCUT2D eigenvalue weighted by atomic mass is 9.56. The topological polar surface area (TPSA) is 35.5 Å². The number of nitrogens with one attached hydrogen (secondary N) is 1. The molecule has 3 fully saturated rings. The summed E-state index contributed by atoms with van der Waals surface area (Å²) in [7, 11) is 0. The Morgan fingerprint density at radius 1 is 1.41 bits per heavy atom. The first-order valence-corrected chi connectivity index (χ1v) is 8.65. The van der Waals surface area contributed by atoms with Gasteiger partial charge in [-0.05, 0) is 43.9 Å². The van der Waals surface area contributed by atoms with Gasteiger partial charge in [0.15, 0.2) is 0 Å². The van der Waals surface area contributed by atoms with Crippen molar-refractivity contribution in [3.63, 3.8) is 0 Å². The Morgan fingerprint density at radius 2 is 2.27 bits per heavy atom. The van der Waals surface area contributed by atoms with Crippen molar-refractivity contribution in [3.05, 3.63) is 41.5 Å². The number of hydrogen-bond acceptors (Lipinski definition) is 3. The van der Waals surface area contributed by atoms with Crippen LogP contribution in [0.2, 0.25) is 0 Å². The van der Waals surface area contributed by atoms with Crippen LogP contribution in [0.3, 0.4) is 0 Å². The summed E-state index contributed by atoms with van der Waals surface area (Å²) < 4.78 is 0. The van der Waals surface area contributed by atoms with Gasteiger partial charge in [-0.15, -0.1) is 0 Å². The van der Waals surface area contributed by atoms with Crippen molar-refractivity contribution in [2.75, 3.05) is 25.0 Å². The second-order valence-electron chi connectivity index (χ2n) is 7.50. The van der Waals surface area contributed by atoms with E-state index in [1.165, 1.54) is 30.6 Å². The molecule has 3 aliphatic heterocycles. The molecule has 22 heavy (non-hydrogen) atoms. The monoisotopic (exact) mass is 296 g/mol. The van der Waals surface area contributed by atoms with E-state index in [9.17, 15) is 5.11 Å². The fraction of sp³-hybridized carbons (Fsp3) is 0.579. The standard InChI is InChI=1S/C19H24N2O/c1-2-12-10-21-8-7-19-15-5-3-4-6-16(15)20-18(19)14(11-22)13(12)9-17(19)21/h2-6,13-14,17-18,20,22H,7-11H2,1H3/b12-2+/t13-,14+,17-,18-,19?/m0/s1. The van der Waals surface area contributed by atoms with E-state index in [4.69, 9.17) is 0 Å². The van der Waals surface area contributed by atoms with Crippen molar-refractivity contribution in [1.82, 2.24) is 4.90 Å². The lowest BCUT2D eigenvalue weighted by Gasteiger charge is -2.54. The van der Waals surface area contributed by atoms with Crippen LogP contribution in [-0.4, -0.2) is 41.8 Å². The van der Waals surface area contributed by atoms with Crippen LogP contribution in [0.25, 0.3) is 0 Å². The van der Waals surface area contributed by atoms with Crippen LogP contribution >= 0.6 is 0 Å². The average Bonchev–Trinajstić information content (AvgIpc) is 3.11. The Hall–Kier alpha value is -1.32. The van der Waals surface area contributed by atoms with Crippen molar-refractivity contribution in [3.8, 4) is 0 Å². The van der Waals surface area contributed by atoms with Gasteiger partial charge in [-0.2, -0.15) is 0 Å². The van der Waals surface area contributed by atoms with Gasteiger partial charge in [-0.1, -0.05) is 29.8 Å². The zero-order chi connectivity index (χ0) is 14.9. The first kappa shape index (κ1) is 13.1. The largest absolute Gasteiger partial charge is 0.396 e. The van der Waals surface area contributed by atoms with E-state index >= 15 is 0 Å². The van der Waals surface area contributed by atoms with Gasteiger partial charge < -0.3 is 10.4 Å². The number of aliphatic hydroxyl groups is 1. The van der Waals surface area contributed by atoms with Crippen molar-refractivity contribution in [1.29, 1.82) is 0 Å². The predicted octanol–water partition coefficient (Wildman–Crippen LogP) is 2.38. The fourth-order valence-electron chi connectivity index (χ4n) is 6.13. The summed E-state index contributed by atoms with van der Waals surface area (Å²) in [5.41, 5.74) is 4.58. The smallest absolute Gasteiger partial charge is 0.0484 e. The van der Waals surface area contributed by atoms with E-state index in [0.717, 1.165) is 6.54 Å². The number of hydrogen-bond donors (Lipinski definition) is 2. The molecule has 1 saturated carbocycles. The molecule has 2 bridgehead atoms. The summed E-state index contributed by atoms with van der Waals surface area (Å²) in [6, 6.07) is 9.89. The number of rotatable bonds is 1. The van der Waals surface area contributed by atoms with Crippen LogP contribution < -0.4 is 5.32 Å². The molecule has 3 heteroatoms. The third-order valence-electron chi connectivity index (χ3n) is 7.01. The second kappa shape index (κ2) is 4.36. The van der Waals surface area contributed by atoms with E-state index in [2.05, 4.69) is 47.5 Å². The van der Waals surface area contributed by atoms with E-state index in [1.807, 2.05) is 0 Å². The Morgan fingerprint density at radius 3 is 3.09 bits per heavy atom. The van der Waals surface area contributed by atoms with Crippen molar-refractivity contribution < 1.29 is 5.11 Å². The van der Waals surface area contributed by atoms with Crippen molar-refractivity contribution in [2.24, 2.45) is 11.8 Å². The van der Waals surface area contributed by atoms with Crippen LogP contribution in [0.1, 0.15) is 25.3 Å². The summed E-state index contributed by atoms with van der Waals surface area (Å²) in [6.07, 6.45) is 4.75. The molecule has 3 heterocycles. The van der Waals surface area contributed by atoms with Gasteiger partial charge in [0.05, 0.1) is 0 Å². The minimum absolute atomic E-state index is 0.222. The maximum absolute atomic E-state index is 10.2. The fourth-order valence-corrected chi connectivity index (χ4v) is 6.13. The highest BCUT2D eigenvalue weighted by molar-refractivity contribution is 5.65. The normalized spacial score (nSPS) is 43.8. The Labute approximate surface area is 132 Å². The summed E-state index contributed by atoms with van der Waals surface area (Å²) >= 11 is 0. The second-order valence-corrected chi connectivity index (χ2v) is 7.50. The number of benzene rings is 1. The molecule has 1 unspecified atom stereocenters. The molecule has 116 valence electrons. The molecule has 3 nitrogen and oxygen atoms in total. The maximum atomic E-state index is 10.2. The van der Waals surface area contributed by atoms with Crippen molar-refractivity contribution >= 4 is 5.69 Å². The van der Waals surface area contributed by atoms with Gasteiger partial charge in [-0.3, -0.25) is 4.90 Å². The highest BCUT2D eigenvalue weighted by Crippen LogP contribution is 2.60. The Bertz CT molecular complexity index is 655. The predicted molar refractivity (Wildman–Crippen MR) is 87.9 cm³/mol.